The Morgan fingerprint density at radius 3 is 0.833 bits per heavy atom. The van der Waals surface area contributed by atoms with Gasteiger partial charge in [0.05, 0.1) is 0 Å². The highest BCUT2D eigenvalue weighted by molar-refractivity contribution is 5.93. The first-order valence-electron chi connectivity index (χ1n) is 21.4. The van der Waals surface area contributed by atoms with Crippen LogP contribution < -0.4 is 9.80 Å². The second-order valence-corrected chi connectivity index (χ2v) is 18.6. The van der Waals surface area contributed by atoms with Crippen LogP contribution in [0, 0.1) is 10.8 Å². The molecule has 0 radical (unpaired) electrons. The summed E-state index contributed by atoms with van der Waals surface area (Å²) in [4.78, 5) is 4.85. The van der Waals surface area contributed by atoms with Crippen molar-refractivity contribution in [3.8, 4) is 22.3 Å². The van der Waals surface area contributed by atoms with Crippen LogP contribution in [0.25, 0.3) is 22.3 Å². The lowest BCUT2D eigenvalue weighted by Gasteiger charge is -2.62. The quantitative estimate of drug-likeness (QED) is 0.159. The average molecular weight is 777 g/mol. The fourth-order valence-electron chi connectivity index (χ4n) is 11.6. The maximum Gasteiger partial charge on any atom is 0.0465 e. The Bertz CT molecular complexity index is 2560. The van der Waals surface area contributed by atoms with E-state index < -0.39 is 10.8 Å². The first-order chi connectivity index (χ1) is 29.1. The summed E-state index contributed by atoms with van der Waals surface area (Å²) in [5.74, 6) is 0. The minimum atomic E-state index is -0.538. The lowest BCUT2D eigenvalue weighted by atomic mass is 9.39. The van der Waals surface area contributed by atoms with Crippen LogP contribution >= 0.6 is 0 Å². The van der Waals surface area contributed by atoms with Gasteiger partial charge in [-0.3, -0.25) is 0 Å². The minimum absolute atomic E-state index is 0.284. The van der Waals surface area contributed by atoms with Crippen LogP contribution in [-0.2, 0) is 10.8 Å². The van der Waals surface area contributed by atoms with E-state index in [4.69, 9.17) is 0 Å². The summed E-state index contributed by atoms with van der Waals surface area (Å²) < 4.78 is 0. The van der Waals surface area contributed by atoms with Gasteiger partial charge in [0.2, 0.25) is 0 Å². The highest BCUT2D eigenvalue weighted by atomic mass is 15.1. The van der Waals surface area contributed by atoms with Crippen molar-refractivity contribution in [3.63, 3.8) is 0 Å². The van der Waals surface area contributed by atoms with Gasteiger partial charge in [-0.2, -0.15) is 0 Å². The molecule has 0 saturated carbocycles. The van der Waals surface area contributed by atoms with Crippen LogP contribution in [0.2, 0.25) is 0 Å². The first kappa shape index (κ1) is 37.6. The topological polar surface area (TPSA) is 6.48 Å². The van der Waals surface area contributed by atoms with E-state index in [1.165, 1.54) is 44.5 Å². The molecule has 8 aromatic rings. The van der Waals surface area contributed by atoms with Gasteiger partial charge in [0.1, 0.15) is 0 Å². The van der Waals surface area contributed by atoms with Gasteiger partial charge in [0, 0.05) is 45.0 Å². The zero-order valence-corrected chi connectivity index (χ0v) is 35.5. The molecule has 2 aliphatic carbocycles. The maximum absolute atomic E-state index is 2.55. The third kappa shape index (κ3) is 5.33. The summed E-state index contributed by atoms with van der Waals surface area (Å²) in [7, 11) is 0. The molecular weight excluding hydrogens is 725 g/mol. The van der Waals surface area contributed by atoms with Crippen LogP contribution in [0.3, 0.4) is 0 Å². The SMILES string of the molecule is CC(C)(C)C1(C2(C(C)(C)C)c3ccccc3-c3ccc(N(c4ccccc4)c4ccccc4)cc32)c2ccccc2-c2ccc(N(c3ccccc3)c3ccccc3)cc21. The van der Waals surface area contributed by atoms with E-state index in [2.05, 4.69) is 258 Å². The van der Waals surface area contributed by atoms with Crippen LogP contribution in [0.5, 0.6) is 0 Å². The lowest BCUT2D eigenvalue weighted by molar-refractivity contribution is 0.0594. The van der Waals surface area contributed by atoms with Gasteiger partial charge >= 0.3 is 0 Å². The molecule has 2 atom stereocenters. The molecule has 0 aliphatic heterocycles. The molecule has 0 aromatic heterocycles. The second kappa shape index (κ2) is 14.0. The lowest BCUT2D eigenvalue weighted by Crippen LogP contribution is -2.62. The van der Waals surface area contributed by atoms with E-state index in [1.54, 1.807) is 0 Å². The molecule has 0 saturated heterocycles. The Morgan fingerprint density at radius 1 is 0.267 bits per heavy atom. The van der Waals surface area contributed by atoms with Crippen LogP contribution in [0.1, 0.15) is 63.8 Å². The molecular formula is C58H52N2. The molecule has 0 amide bonds. The Kier molecular flexibility index (Phi) is 8.77. The molecule has 2 unspecified atom stereocenters. The largest absolute Gasteiger partial charge is 0.310 e. The van der Waals surface area contributed by atoms with E-state index in [9.17, 15) is 0 Å². The Morgan fingerprint density at radius 2 is 0.533 bits per heavy atom. The third-order valence-corrected chi connectivity index (χ3v) is 13.4. The van der Waals surface area contributed by atoms with Gasteiger partial charge in [-0.25, -0.2) is 0 Å². The van der Waals surface area contributed by atoms with Crippen molar-refractivity contribution in [2.45, 2.75) is 52.4 Å². The molecule has 0 N–H and O–H groups in total. The van der Waals surface area contributed by atoms with Crippen molar-refractivity contribution >= 4 is 34.1 Å². The van der Waals surface area contributed by atoms with Gasteiger partial charge in [0.15, 0.2) is 0 Å². The van der Waals surface area contributed by atoms with E-state index in [0.29, 0.717) is 0 Å². The number of hydrogen-bond donors (Lipinski definition) is 0. The average Bonchev–Trinajstić information content (AvgIpc) is 3.73. The van der Waals surface area contributed by atoms with Gasteiger partial charge in [-0.05, 0) is 128 Å². The number of anilines is 6. The smallest absolute Gasteiger partial charge is 0.0465 e. The normalized spacial score (nSPS) is 17.6. The fourth-order valence-corrected chi connectivity index (χ4v) is 11.6. The van der Waals surface area contributed by atoms with E-state index in [0.717, 1.165) is 34.1 Å². The molecule has 10 rings (SSSR count). The monoisotopic (exact) mass is 776 g/mol. The summed E-state index contributed by atoms with van der Waals surface area (Å²) in [6, 6.07) is 76.5. The summed E-state index contributed by atoms with van der Waals surface area (Å²) >= 11 is 0. The van der Waals surface area contributed by atoms with Crippen LogP contribution in [0.4, 0.5) is 34.1 Å². The van der Waals surface area contributed by atoms with Crippen LogP contribution in [-0.4, -0.2) is 0 Å². The summed E-state index contributed by atoms with van der Waals surface area (Å²) in [6.45, 7) is 15.0. The zero-order chi connectivity index (χ0) is 41.3. The highest BCUT2D eigenvalue weighted by Gasteiger charge is 2.70. The van der Waals surface area contributed by atoms with Crippen molar-refractivity contribution < 1.29 is 0 Å². The summed E-state index contributed by atoms with van der Waals surface area (Å²) in [5, 5.41) is 0. The van der Waals surface area contributed by atoms with E-state index >= 15 is 0 Å². The third-order valence-electron chi connectivity index (χ3n) is 13.4. The summed E-state index contributed by atoms with van der Waals surface area (Å²) in [6.07, 6.45) is 0. The van der Waals surface area contributed by atoms with Crippen LogP contribution in [0.15, 0.2) is 206 Å². The zero-order valence-electron chi connectivity index (χ0n) is 35.5. The minimum Gasteiger partial charge on any atom is -0.310 e. The number of benzene rings is 8. The van der Waals surface area contributed by atoms with E-state index in [1.807, 2.05) is 0 Å². The van der Waals surface area contributed by atoms with Gasteiger partial charge < -0.3 is 9.80 Å². The Labute approximate surface area is 356 Å². The summed E-state index contributed by atoms with van der Waals surface area (Å²) in [5.41, 5.74) is 16.0. The van der Waals surface area contributed by atoms with Gasteiger partial charge in [-0.15, -0.1) is 0 Å². The first-order valence-corrected chi connectivity index (χ1v) is 21.4. The van der Waals surface area contributed by atoms with Crippen molar-refractivity contribution in [1.82, 2.24) is 0 Å². The molecule has 0 spiro atoms. The standard InChI is InChI=1S/C58H52N2/c1-55(2,3)57(51-33-21-19-31-47(51)49-37-35-45(39-53(49)57)59(41-23-11-7-12-24-41)42-25-13-8-14-26-42)58(56(4,5)6)52-34-22-20-32-48(52)50-38-36-46(40-54(50)58)60(43-27-15-9-16-28-43)44-29-17-10-18-30-44/h7-40H,1-6H3. The molecule has 8 aromatic carbocycles. The molecule has 2 heteroatoms. The second-order valence-electron chi connectivity index (χ2n) is 18.6. The van der Waals surface area contributed by atoms with E-state index in [-0.39, 0.29) is 10.8 Å². The molecule has 2 nitrogen and oxygen atoms in total. The number of rotatable bonds is 7. The molecule has 0 bridgehead atoms. The van der Waals surface area contributed by atoms with Crippen molar-refractivity contribution in [3.05, 3.63) is 229 Å². The molecule has 0 fully saturated rings. The molecule has 0 heterocycles. The number of fused-ring (bicyclic) bond motifs is 6. The van der Waals surface area contributed by atoms with Gasteiger partial charge in [-0.1, -0.05) is 175 Å². The number of hydrogen-bond acceptors (Lipinski definition) is 2. The highest BCUT2D eigenvalue weighted by Crippen LogP contribution is 2.75. The van der Waals surface area contributed by atoms with Crippen molar-refractivity contribution in [1.29, 1.82) is 0 Å². The molecule has 60 heavy (non-hydrogen) atoms. The Hall–Kier alpha value is -6.64. The number of para-hydroxylation sites is 4. The Balaban J connectivity index is 1.34. The fraction of sp³-hybridized carbons (Fsp3) is 0.172. The maximum atomic E-state index is 2.55. The molecule has 2 aliphatic rings. The number of nitrogens with zero attached hydrogens (tertiary/aromatic N) is 2. The predicted octanol–water partition coefficient (Wildman–Crippen LogP) is 16.0. The van der Waals surface area contributed by atoms with Crippen molar-refractivity contribution in [2.24, 2.45) is 10.8 Å². The van der Waals surface area contributed by atoms with Crippen molar-refractivity contribution in [2.75, 3.05) is 9.80 Å². The molecule has 294 valence electrons. The van der Waals surface area contributed by atoms with Gasteiger partial charge in [0.25, 0.3) is 0 Å². The predicted molar refractivity (Wildman–Crippen MR) is 254 cm³/mol.